The van der Waals surface area contributed by atoms with Gasteiger partial charge in [-0.15, -0.1) is 0 Å². The van der Waals surface area contributed by atoms with E-state index in [0.717, 1.165) is 11.1 Å². The highest BCUT2D eigenvalue weighted by atomic mass is 35.5. The number of benzene rings is 2. The lowest BCUT2D eigenvalue weighted by molar-refractivity contribution is 0.355. The third kappa shape index (κ3) is 3.93. The van der Waals surface area contributed by atoms with Crippen molar-refractivity contribution in [2.75, 3.05) is 14.2 Å². The summed E-state index contributed by atoms with van der Waals surface area (Å²) in [4.78, 5) is 4.54. The number of hydrogen-bond acceptors (Lipinski definition) is 3. The van der Waals surface area contributed by atoms with Crippen molar-refractivity contribution in [1.29, 1.82) is 0 Å². The number of methoxy groups -OCH3 is 2. The van der Waals surface area contributed by atoms with Gasteiger partial charge in [0, 0.05) is 16.3 Å². The van der Waals surface area contributed by atoms with Crippen LogP contribution < -0.4 is 9.47 Å². The molecule has 22 heavy (non-hydrogen) atoms. The average Bonchev–Trinajstić information content (AvgIpc) is 2.52. The Hall–Kier alpha value is -1.71. The first-order valence-electron chi connectivity index (χ1n) is 6.75. The molecule has 0 aliphatic carbocycles. The fourth-order valence-electron chi connectivity index (χ4n) is 2.05. The van der Waals surface area contributed by atoms with Gasteiger partial charge in [0.15, 0.2) is 11.5 Å². The zero-order valence-corrected chi connectivity index (χ0v) is 14.2. The molecule has 0 heterocycles. The molecule has 2 rings (SSSR count). The molecule has 0 N–H and O–H groups in total. The fraction of sp³-hybridized carbons (Fsp3) is 0.235. The van der Waals surface area contributed by atoms with Crippen LogP contribution in [0.15, 0.2) is 41.4 Å². The molecule has 3 nitrogen and oxygen atoms in total. The number of ether oxygens (including phenoxy) is 2. The molecule has 0 fully saturated rings. The molecule has 2 aromatic rings. The van der Waals surface area contributed by atoms with Gasteiger partial charge in [0.2, 0.25) is 0 Å². The lowest BCUT2D eigenvalue weighted by Crippen LogP contribution is -1.94. The molecule has 0 amide bonds. The summed E-state index contributed by atoms with van der Waals surface area (Å²) < 4.78 is 10.5. The zero-order valence-electron chi connectivity index (χ0n) is 12.6. The van der Waals surface area contributed by atoms with E-state index >= 15 is 0 Å². The summed E-state index contributed by atoms with van der Waals surface area (Å²) in [5.74, 6) is 1.36. The Morgan fingerprint density at radius 3 is 2.36 bits per heavy atom. The minimum absolute atomic E-state index is 0.0714. The van der Waals surface area contributed by atoms with Gasteiger partial charge in [0.25, 0.3) is 0 Å². The van der Waals surface area contributed by atoms with E-state index in [0.29, 0.717) is 21.5 Å². The van der Waals surface area contributed by atoms with Gasteiger partial charge in [0.1, 0.15) is 0 Å². The van der Waals surface area contributed by atoms with Crippen LogP contribution >= 0.6 is 23.2 Å². The Morgan fingerprint density at radius 1 is 1.00 bits per heavy atom. The fourth-order valence-corrected chi connectivity index (χ4v) is 2.62. The van der Waals surface area contributed by atoms with Crippen LogP contribution in [-0.4, -0.2) is 20.4 Å². The van der Waals surface area contributed by atoms with Crippen molar-refractivity contribution in [2.45, 2.75) is 13.0 Å². The summed E-state index contributed by atoms with van der Waals surface area (Å²) in [5, 5.41) is 1.23. The Balaban J connectivity index is 2.20. The zero-order chi connectivity index (χ0) is 16.1. The van der Waals surface area contributed by atoms with Crippen LogP contribution in [-0.2, 0) is 0 Å². The molecule has 0 radical (unpaired) electrons. The van der Waals surface area contributed by atoms with E-state index < -0.39 is 0 Å². The predicted molar refractivity (Wildman–Crippen MR) is 92.0 cm³/mol. The maximum Gasteiger partial charge on any atom is 0.161 e. The van der Waals surface area contributed by atoms with Gasteiger partial charge in [0.05, 0.1) is 20.3 Å². The smallest absolute Gasteiger partial charge is 0.161 e. The monoisotopic (exact) mass is 337 g/mol. The van der Waals surface area contributed by atoms with Gasteiger partial charge in [-0.1, -0.05) is 29.3 Å². The molecule has 0 aliphatic heterocycles. The molecule has 0 saturated carbocycles. The van der Waals surface area contributed by atoms with Crippen LogP contribution in [0.3, 0.4) is 0 Å². The Labute approximate surface area is 140 Å². The second-order valence-electron chi connectivity index (χ2n) is 4.73. The van der Waals surface area contributed by atoms with Crippen molar-refractivity contribution in [3.8, 4) is 11.5 Å². The largest absolute Gasteiger partial charge is 0.493 e. The topological polar surface area (TPSA) is 30.8 Å². The number of halogens is 2. The molecule has 1 unspecified atom stereocenters. The standard InChI is InChI=1S/C17H17Cl2NO2/c1-11(14-6-5-13(18)9-15(14)19)20-10-12-4-7-16(21-2)17(8-12)22-3/h4-11H,1-3H3. The molecule has 2 aromatic carbocycles. The van der Waals surface area contributed by atoms with E-state index in [1.807, 2.05) is 37.3 Å². The van der Waals surface area contributed by atoms with Gasteiger partial charge in [-0.2, -0.15) is 0 Å². The first kappa shape index (κ1) is 16.7. The normalized spacial score (nSPS) is 12.4. The van der Waals surface area contributed by atoms with Gasteiger partial charge in [-0.25, -0.2) is 0 Å². The number of nitrogens with zero attached hydrogens (tertiary/aromatic N) is 1. The summed E-state index contributed by atoms with van der Waals surface area (Å²) in [7, 11) is 3.21. The predicted octanol–water partition coefficient (Wildman–Crippen LogP) is 5.19. The number of rotatable bonds is 5. The van der Waals surface area contributed by atoms with Crippen LogP contribution in [0, 0.1) is 0 Å². The Morgan fingerprint density at radius 2 is 1.73 bits per heavy atom. The molecule has 0 bridgehead atoms. The van der Waals surface area contributed by atoms with E-state index in [1.54, 1.807) is 26.5 Å². The molecule has 5 heteroatoms. The van der Waals surface area contributed by atoms with Gasteiger partial charge in [-0.05, 0) is 48.4 Å². The first-order valence-corrected chi connectivity index (χ1v) is 7.51. The molecule has 0 aliphatic rings. The molecule has 0 spiro atoms. The molecule has 0 aromatic heterocycles. The third-order valence-electron chi connectivity index (χ3n) is 3.27. The van der Waals surface area contributed by atoms with E-state index in [1.165, 1.54) is 0 Å². The van der Waals surface area contributed by atoms with Gasteiger partial charge in [-0.3, -0.25) is 4.99 Å². The highest BCUT2D eigenvalue weighted by Gasteiger charge is 2.08. The van der Waals surface area contributed by atoms with Crippen LogP contribution in [0.2, 0.25) is 10.0 Å². The van der Waals surface area contributed by atoms with Crippen LogP contribution in [0.25, 0.3) is 0 Å². The minimum Gasteiger partial charge on any atom is -0.493 e. The molecule has 116 valence electrons. The van der Waals surface area contributed by atoms with Crippen molar-refractivity contribution < 1.29 is 9.47 Å². The maximum atomic E-state index is 6.20. The van der Waals surface area contributed by atoms with Crippen LogP contribution in [0.1, 0.15) is 24.1 Å². The van der Waals surface area contributed by atoms with Crippen LogP contribution in [0.5, 0.6) is 11.5 Å². The average molecular weight is 338 g/mol. The molecular formula is C17H17Cl2NO2. The van der Waals surface area contributed by atoms with Gasteiger partial charge < -0.3 is 9.47 Å². The second-order valence-corrected chi connectivity index (χ2v) is 5.58. The highest BCUT2D eigenvalue weighted by Crippen LogP contribution is 2.29. The van der Waals surface area contributed by atoms with Crippen molar-refractivity contribution in [3.63, 3.8) is 0 Å². The third-order valence-corrected chi connectivity index (χ3v) is 3.83. The quantitative estimate of drug-likeness (QED) is 0.703. The molecule has 1 atom stereocenters. The number of hydrogen-bond donors (Lipinski definition) is 0. The van der Waals surface area contributed by atoms with E-state index in [2.05, 4.69) is 4.99 Å². The van der Waals surface area contributed by atoms with Crippen LogP contribution in [0.4, 0.5) is 0 Å². The number of aliphatic imine (C=N–C) groups is 1. The second kappa shape index (κ2) is 7.52. The molecule has 0 saturated heterocycles. The Bertz CT molecular complexity index is 686. The summed E-state index contributed by atoms with van der Waals surface area (Å²) in [5.41, 5.74) is 1.86. The highest BCUT2D eigenvalue weighted by molar-refractivity contribution is 6.35. The first-order chi connectivity index (χ1) is 10.5. The van der Waals surface area contributed by atoms with Crippen molar-refractivity contribution >= 4 is 29.4 Å². The van der Waals surface area contributed by atoms with E-state index in [-0.39, 0.29) is 6.04 Å². The van der Waals surface area contributed by atoms with E-state index in [4.69, 9.17) is 32.7 Å². The maximum absolute atomic E-state index is 6.20. The SMILES string of the molecule is COc1ccc(C=NC(C)c2ccc(Cl)cc2Cl)cc1OC. The van der Waals surface area contributed by atoms with Crippen molar-refractivity contribution in [1.82, 2.24) is 0 Å². The lowest BCUT2D eigenvalue weighted by Gasteiger charge is -2.10. The van der Waals surface area contributed by atoms with Crippen molar-refractivity contribution in [3.05, 3.63) is 57.6 Å². The summed E-state index contributed by atoms with van der Waals surface area (Å²) >= 11 is 12.1. The molecular weight excluding hydrogens is 321 g/mol. The lowest BCUT2D eigenvalue weighted by atomic mass is 10.1. The van der Waals surface area contributed by atoms with E-state index in [9.17, 15) is 0 Å². The summed E-state index contributed by atoms with van der Waals surface area (Å²) in [6, 6.07) is 11.0. The Kier molecular flexibility index (Phi) is 5.69. The van der Waals surface area contributed by atoms with Crippen molar-refractivity contribution in [2.24, 2.45) is 4.99 Å². The summed E-state index contributed by atoms with van der Waals surface area (Å²) in [6.45, 7) is 1.98. The van der Waals surface area contributed by atoms with Gasteiger partial charge >= 0.3 is 0 Å². The summed E-state index contributed by atoms with van der Waals surface area (Å²) in [6.07, 6.45) is 1.79. The minimum atomic E-state index is -0.0714.